The second-order valence-electron chi connectivity index (χ2n) is 7.04. The minimum Gasteiger partial charge on any atom is -0.334 e. The highest BCUT2D eigenvalue weighted by molar-refractivity contribution is 5.91. The number of aromatic nitrogens is 3. The Hall–Kier alpha value is -4.00. The monoisotopic (exact) mass is 400 g/mol. The number of benzene rings is 2. The van der Waals surface area contributed by atoms with E-state index in [1.54, 1.807) is 12.3 Å². The van der Waals surface area contributed by atoms with Crippen molar-refractivity contribution in [3.63, 3.8) is 0 Å². The Balaban J connectivity index is 1.56. The molecular formula is C23H20N4O3. The molecule has 0 aliphatic rings. The number of carbonyl (C=O) groups excluding carboxylic acids is 1. The number of rotatable bonds is 5. The molecule has 1 N–H and O–H groups in total. The fraction of sp³-hybridized carbons (Fsp3) is 0.130. The highest BCUT2D eigenvalue weighted by atomic mass is 16.5. The first kappa shape index (κ1) is 19.3. The molecule has 4 rings (SSSR count). The quantitative estimate of drug-likeness (QED) is 0.550. The van der Waals surface area contributed by atoms with Crippen molar-refractivity contribution in [2.45, 2.75) is 20.4 Å². The van der Waals surface area contributed by atoms with Crippen LogP contribution in [0.3, 0.4) is 0 Å². The van der Waals surface area contributed by atoms with Crippen LogP contribution < -0.4 is 10.9 Å². The smallest absolute Gasteiger partial charge is 0.259 e. The van der Waals surface area contributed by atoms with Crippen molar-refractivity contribution in [3.05, 3.63) is 88.3 Å². The molecule has 30 heavy (non-hydrogen) atoms. The maximum absolute atomic E-state index is 12.4. The molecule has 0 saturated heterocycles. The lowest BCUT2D eigenvalue weighted by Gasteiger charge is -2.10. The van der Waals surface area contributed by atoms with Gasteiger partial charge in [0.25, 0.3) is 11.4 Å². The zero-order chi connectivity index (χ0) is 21.1. The minimum atomic E-state index is -0.297. The molecule has 0 saturated carbocycles. The third-order valence-electron chi connectivity index (χ3n) is 4.67. The largest absolute Gasteiger partial charge is 0.334 e. The Bertz CT molecular complexity index is 1270. The Morgan fingerprint density at radius 1 is 1.03 bits per heavy atom. The lowest BCUT2D eigenvalue weighted by molar-refractivity contribution is -0.116. The third kappa shape index (κ3) is 4.20. The van der Waals surface area contributed by atoms with Crippen molar-refractivity contribution >= 4 is 11.6 Å². The van der Waals surface area contributed by atoms with Crippen molar-refractivity contribution in [2.24, 2.45) is 0 Å². The average molecular weight is 400 g/mol. The van der Waals surface area contributed by atoms with E-state index in [0.29, 0.717) is 17.1 Å². The molecule has 1 amide bonds. The molecule has 150 valence electrons. The number of nitrogens with zero attached hydrogens (tertiary/aromatic N) is 3. The Labute approximate surface area is 173 Å². The van der Waals surface area contributed by atoms with Gasteiger partial charge in [0.05, 0.1) is 5.56 Å². The van der Waals surface area contributed by atoms with Crippen LogP contribution in [0.1, 0.15) is 11.1 Å². The van der Waals surface area contributed by atoms with E-state index < -0.39 is 0 Å². The fourth-order valence-corrected chi connectivity index (χ4v) is 3.08. The summed E-state index contributed by atoms with van der Waals surface area (Å²) in [5.74, 6) is 0.442. The Morgan fingerprint density at radius 2 is 1.87 bits per heavy atom. The van der Waals surface area contributed by atoms with Crippen LogP contribution >= 0.6 is 0 Å². The third-order valence-corrected chi connectivity index (χ3v) is 4.67. The number of carbonyl (C=O) groups is 1. The zero-order valence-corrected chi connectivity index (χ0v) is 16.6. The van der Waals surface area contributed by atoms with Crippen molar-refractivity contribution < 1.29 is 9.32 Å². The number of para-hydroxylation sites is 1. The number of anilines is 1. The summed E-state index contributed by atoms with van der Waals surface area (Å²) in [4.78, 5) is 29.1. The molecule has 0 atom stereocenters. The van der Waals surface area contributed by atoms with E-state index in [1.807, 2.05) is 62.4 Å². The molecule has 0 unspecified atom stereocenters. The highest BCUT2D eigenvalue weighted by Gasteiger charge is 2.13. The van der Waals surface area contributed by atoms with Crippen LogP contribution in [0.25, 0.3) is 22.8 Å². The van der Waals surface area contributed by atoms with E-state index in [2.05, 4.69) is 15.5 Å². The first-order chi connectivity index (χ1) is 14.5. The number of hydrogen-bond donors (Lipinski definition) is 1. The molecular weight excluding hydrogens is 380 g/mol. The molecule has 4 aromatic rings. The summed E-state index contributed by atoms with van der Waals surface area (Å²) in [5, 5.41) is 6.86. The van der Waals surface area contributed by atoms with Crippen molar-refractivity contribution in [1.82, 2.24) is 14.7 Å². The van der Waals surface area contributed by atoms with Gasteiger partial charge in [-0.15, -0.1) is 0 Å². The van der Waals surface area contributed by atoms with Crippen LogP contribution in [0.2, 0.25) is 0 Å². The second kappa shape index (κ2) is 8.16. The van der Waals surface area contributed by atoms with Crippen molar-refractivity contribution in [1.29, 1.82) is 0 Å². The number of hydrogen-bond acceptors (Lipinski definition) is 5. The lowest BCUT2D eigenvalue weighted by Crippen LogP contribution is -2.27. The van der Waals surface area contributed by atoms with E-state index in [9.17, 15) is 9.59 Å². The van der Waals surface area contributed by atoms with E-state index in [0.717, 1.165) is 16.7 Å². The second-order valence-corrected chi connectivity index (χ2v) is 7.04. The molecule has 7 heteroatoms. The summed E-state index contributed by atoms with van der Waals surface area (Å²) in [6.07, 6.45) is 1.55. The predicted molar refractivity (Wildman–Crippen MR) is 114 cm³/mol. The number of aryl methyl sites for hydroxylation is 2. The SMILES string of the molecule is Cc1cccc(-c2noc(-c3ccc(=O)n(CC(=O)Nc4ccccc4C)c3)n2)c1. The number of amides is 1. The number of pyridine rings is 1. The summed E-state index contributed by atoms with van der Waals surface area (Å²) in [6.45, 7) is 3.77. The van der Waals surface area contributed by atoms with Gasteiger partial charge in [0.15, 0.2) is 0 Å². The first-order valence-corrected chi connectivity index (χ1v) is 9.47. The van der Waals surface area contributed by atoms with Gasteiger partial charge >= 0.3 is 0 Å². The van der Waals surface area contributed by atoms with Crippen LogP contribution in [0, 0.1) is 13.8 Å². The van der Waals surface area contributed by atoms with E-state index in [4.69, 9.17) is 4.52 Å². The van der Waals surface area contributed by atoms with Gasteiger partial charge in [-0.2, -0.15) is 4.98 Å². The van der Waals surface area contributed by atoms with Crippen LogP contribution in [0.5, 0.6) is 0 Å². The highest BCUT2D eigenvalue weighted by Crippen LogP contribution is 2.22. The summed E-state index contributed by atoms with van der Waals surface area (Å²) >= 11 is 0. The van der Waals surface area contributed by atoms with Gasteiger partial charge in [0, 0.05) is 23.5 Å². The van der Waals surface area contributed by atoms with E-state index in [1.165, 1.54) is 10.6 Å². The molecule has 0 aliphatic carbocycles. The summed E-state index contributed by atoms with van der Waals surface area (Å²) < 4.78 is 6.70. The summed E-state index contributed by atoms with van der Waals surface area (Å²) in [5.41, 5.74) is 3.86. The summed E-state index contributed by atoms with van der Waals surface area (Å²) in [7, 11) is 0. The number of nitrogens with one attached hydrogen (secondary N) is 1. The minimum absolute atomic E-state index is 0.125. The van der Waals surface area contributed by atoms with Gasteiger partial charge in [-0.1, -0.05) is 47.1 Å². The fourth-order valence-electron chi connectivity index (χ4n) is 3.08. The molecule has 7 nitrogen and oxygen atoms in total. The maximum atomic E-state index is 12.4. The van der Waals surface area contributed by atoms with Gasteiger partial charge in [0.2, 0.25) is 11.7 Å². The van der Waals surface area contributed by atoms with Crippen molar-refractivity contribution in [2.75, 3.05) is 5.32 Å². The maximum Gasteiger partial charge on any atom is 0.259 e. The molecule has 0 bridgehead atoms. The topological polar surface area (TPSA) is 90.0 Å². The standard InChI is InChI=1S/C23H20N4O3/c1-15-6-5-8-17(12-15)22-25-23(30-26-22)18-10-11-21(29)27(13-18)14-20(28)24-19-9-4-3-7-16(19)2/h3-13H,14H2,1-2H3,(H,24,28). The Morgan fingerprint density at radius 3 is 2.67 bits per heavy atom. The lowest BCUT2D eigenvalue weighted by atomic mass is 10.1. The molecule has 0 aliphatic heterocycles. The average Bonchev–Trinajstić information content (AvgIpc) is 3.22. The zero-order valence-electron chi connectivity index (χ0n) is 16.6. The normalized spacial score (nSPS) is 10.7. The van der Waals surface area contributed by atoms with Crippen LogP contribution in [0.15, 0.2) is 76.2 Å². The molecule has 0 fully saturated rings. The molecule has 0 spiro atoms. The summed E-state index contributed by atoms with van der Waals surface area (Å²) in [6, 6.07) is 18.2. The van der Waals surface area contributed by atoms with Gasteiger partial charge in [-0.05, 0) is 37.6 Å². The van der Waals surface area contributed by atoms with Crippen LogP contribution in [0.4, 0.5) is 5.69 Å². The van der Waals surface area contributed by atoms with Gasteiger partial charge < -0.3 is 14.4 Å². The Kier molecular flexibility index (Phi) is 5.26. The molecule has 0 radical (unpaired) electrons. The van der Waals surface area contributed by atoms with E-state index >= 15 is 0 Å². The predicted octanol–water partition coefficient (Wildman–Crippen LogP) is 3.82. The van der Waals surface area contributed by atoms with Gasteiger partial charge in [-0.25, -0.2) is 0 Å². The van der Waals surface area contributed by atoms with E-state index in [-0.39, 0.29) is 23.9 Å². The van der Waals surface area contributed by atoms with Gasteiger partial charge in [0.1, 0.15) is 6.54 Å². The molecule has 2 aromatic heterocycles. The van der Waals surface area contributed by atoms with Gasteiger partial charge in [-0.3, -0.25) is 9.59 Å². The molecule has 2 aromatic carbocycles. The van der Waals surface area contributed by atoms with Crippen molar-refractivity contribution in [3.8, 4) is 22.8 Å². The first-order valence-electron chi connectivity index (χ1n) is 9.47. The van der Waals surface area contributed by atoms with Crippen LogP contribution in [-0.2, 0) is 11.3 Å². The van der Waals surface area contributed by atoms with Crippen LogP contribution in [-0.4, -0.2) is 20.6 Å². The molecule has 2 heterocycles.